The zero-order chi connectivity index (χ0) is 17.6. The third kappa shape index (κ3) is 4.18. The Bertz CT molecular complexity index is 918. The predicted octanol–water partition coefficient (Wildman–Crippen LogP) is 4.01. The number of rotatable bonds is 8. The van der Waals surface area contributed by atoms with Crippen LogP contribution in [-0.2, 0) is 13.0 Å². The Hall–Kier alpha value is -2.93. The summed E-state index contributed by atoms with van der Waals surface area (Å²) in [4.78, 5) is 1.22. The lowest BCUT2D eigenvalue weighted by atomic mass is 10.2. The number of aromatic nitrogens is 4. The summed E-state index contributed by atoms with van der Waals surface area (Å²) < 4.78 is 12.9. The molecule has 4 rings (SSSR count). The standard InChI is InChI=1S/C19H18N4O2S/c1-2-5-18-14(4-1)12-17(26-18)13-25-16-9-7-15(8-10-16)24-11-3-6-19-20-22-23-21-19/h1-2,4-5,7-10,12H,3,6,11,13H2,(H,20,21,22,23). The Morgan fingerprint density at radius 1 is 0.962 bits per heavy atom. The highest BCUT2D eigenvalue weighted by molar-refractivity contribution is 7.19. The molecule has 0 amide bonds. The van der Waals surface area contributed by atoms with Gasteiger partial charge >= 0.3 is 0 Å². The number of ether oxygens (including phenoxy) is 2. The SMILES string of the molecule is c1ccc2sc(COc3ccc(OCCCc4nn[nH]n4)cc3)cc2c1. The quantitative estimate of drug-likeness (QED) is 0.477. The topological polar surface area (TPSA) is 72.9 Å². The molecule has 0 unspecified atom stereocenters. The molecule has 0 fully saturated rings. The minimum atomic E-state index is 0.574. The molecule has 4 aromatic rings. The fourth-order valence-electron chi connectivity index (χ4n) is 2.60. The van der Waals surface area contributed by atoms with Crippen LogP contribution >= 0.6 is 11.3 Å². The van der Waals surface area contributed by atoms with Crippen LogP contribution in [0.3, 0.4) is 0 Å². The lowest BCUT2D eigenvalue weighted by Gasteiger charge is -2.07. The summed E-state index contributed by atoms with van der Waals surface area (Å²) in [7, 11) is 0. The van der Waals surface area contributed by atoms with Gasteiger partial charge in [0, 0.05) is 16.0 Å². The van der Waals surface area contributed by atoms with Crippen molar-refractivity contribution in [3.63, 3.8) is 0 Å². The van der Waals surface area contributed by atoms with Crippen molar-refractivity contribution >= 4 is 21.4 Å². The maximum absolute atomic E-state index is 5.88. The van der Waals surface area contributed by atoms with Crippen molar-refractivity contribution in [3.05, 3.63) is 65.3 Å². The second-order valence-corrected chi connectivity index (χ2v) is 6.96. The number of aryl methyl sites for hydroxylation is 1. The Labute approximate surface area is 154 Å². The van der Waals surface area contributed by atoms with E-state index in [2.05, 4.69) is 51.0 Å². The second-order valence-electron chi connectivity index (χ2n) is 5.79. The summed E-state index contributed by atoms with van der Waals surface area (Å²) in [6.45, 7) is 1.18. The second kappa shape index (κ2) is 7.97. The highest BCUT2D eigenvalue weighted by Gasteiger charge is 2.03. The number of thiophene rings is 1. The van der Waals surface area contributed by atoms with Gasteiger partial charge in [-0.15, -0.1) is 21.5 Å². The van der Waals surface area contributed by atoms with Crippen molar-refractivity contribution in [3.8, 4) is 11.5 Å². The van der Waals surface area contributed by atoms with Gasteiger partial charge in [0.05, 0.1) is 6.61 Å². The summed E-state index contributed by atoms with van der Waals surface area (Å²) >= 11 is 1.77. The molecule has 132 valence electrons. The molecule has 2 aromatic heterocycles. The van der Waals surface area contributed by atoms with Gasteiger partial charge in [0.2, 0.25) is 0 Å². The van der Waals surface area contributed by atoms with Crippen LogP contribution in [-0.4, -0.2) is 27.2 Å². The van der Waals surface area contributed by atoms with Gasteiger partial charge < -0.3 is 9.47 Å². The normalized spacial score (nSPS) is 10.9. The van der Waals surface area contributed by atoms with Crippen molar-refractivity contribution in [1.29, 1.82) is 0 Å². The summed E-state index contributed by atoms with van der Waals surface area (Å²) in [5.41, 5.74) is 0. The van der Waals surface area contributed by atoms with Crippen molar-refractivity contribution in [2.45, 2.75) is 19.4 Å². The Morgan fingerprint density at radius 3 is 2.54 bits per heavy atom. The van der Waals surface area contributed by atoms with E-state index in [0.29, 0.717) is 19.0 Å². The van der Waals surface area contributed by atoms with Gasteiger partial charge in [-0.3, -0.25) is 0 Å². The van der Waals surface area contributed by atoms with Crippen LogP contribution in [0, 0.1) is 0 Å². The zero-order valence-corrected chi connectivity index (χ0v) is 14.9. The third-order valence-corrected chi connectivity index (χ3v) is 4.97. The van der Waals surface area contributed by atoms with Crippen LogP contribution in [0.25, 0.3) is 10.1 Å². The Morgan fingerprint density at radius 2 is 1.77 bits per heavy atom. The first-order valence-corrected chi connectivity index (χ1v) is 9.24. The molecule has 0 atom stereocenters. The number of H-pyrrole nitrogens is 1. The van der Waals surface area contributed by atoms with E-state index in [0.717, 1.165) is 24.3 Å². The maximum Gasteiger partial charge on any atom is 0.174 e. The fraction of sp³-hybridized carbons (Fsp3) is 0.211. The van der Waals surface area contributed by atoms with Crippen LogP contribution < -0.4 is 9.47 Å². The molecule has 0 radical (unpaired) electrons. The first-order valence-electron chi connectivity index (χ1n) is 8.42. The van der Waals surface area contributed by atoms with Crippen molar-refractivity contribution < 1.29 is 9.47 Å². The number of hydrogen-bond acceptors (Lipinski definition) is 6. The molecule has 26 heavy (non-hydrogen) atoms. The van der Waals surface area contributed by atoms with Crippen LogP contribution in [0.1, 0.15) is 17.1 Å². The van der Waals surface area contributed by atoms with Crippen molar-refractivity contribution in [2.24, 2.45) is 0 Å². The number of nitrogens with zero attached hydrogens (tertiary/aromatic N) is 3. The maximum atomic E-state index is 5.88. The van der Waals surface area contributed by atoms with E-state index < -0.39 is 0 Å². The van der Waals surface area contributed by atoms with Crippen LogP contribution in [0.4, 0.5) is 0 Å². The highest BCUT2D eigenvalue weighted by atomic mass is 32.1. The minimum absolute atomic E-state index is 0.574. The molecule has 7 heteroatoms. The molecule has 2 aromatic carbocycles. The molecule has 0 saturated carbocycles. The lowest BCUT2D eigenvalue weighted by Crippen LogP contribution is -2.00. The number of tetrazole rings is 1. The molecule has 2 heterocycles. The Kier molecular flexibility index (Phi) is 5.07. The van der Waals surface area contributed by atoms with Crippen LogP contribution in [0.5, 0.6) is 11.5 Å². The molecule has 0 aliphatic rings. The molecule has 0 aliphatic carbocycles. The van der Waals surface area contributed by atoms with Gasteiger partial charge in [0.25, 0.3) is 0 Å². The predicted molar refractivity (Wildman–Crippen MR) is 101 cm³/mol. The molecule has 0 aliphatic heterocycles. The molecule has 6 nitrogen and oxygen atoms in total. The number of benzene rings is 2. The molecule has 0 spiro atoms. The third-order valence-electron chi connectivity index (χ3n) is 3.88. The van der Waals surface area contributed by atoms with E-state index in [1.807, 2.05) is 24.3 Å². The largest absolute Gasteiger partial charge is 0.494 e. The Balaban J connectivity index is 1.24. The van der Waals surface area contributed by atoms with Gasteiger partial charge in [0.15, 0.2) is 5.82 Å². The highest BCUT2D eigenvalue weighted by Crippen LogP contribution is 2.26. The van der Waals surface area contributed by atoms with E-state index in [-0.39, 0.29) is 0 Å². The first kappa shape index (κ1) is 16.5. The van der Waals surface area contributed by atoms with E-state index in [9.17, 15) is 0 Å². The van der Waals surface area contributed by atoms with E-state index >= 15 is 0 Å². The van der Waals surface area contributed by atoms with Gasteiger partial charge in [-0.25, -0.2) is 0 Å². The smallest absolute Gasteiger partial charge is 0.174 e. The number of hydrogen-bond donors (Lipinski definition) is 1. The van der Waals surface area contributed by atoms with Crippen molar-refractivity contribution in [2.75, 3.05) is 6.61 Å². The molecular weight excluding hydrogens is 348 g/mol. The van der Waals surface area contributed by atoms with E-state index in [1.165, 1.54) is 15.0 Å². The van der Waals surface area contributed by atoms with Gasteiger partial charge in [-0.2, -0.15) is 5.21 Å². The van der Waals surface area contributed by atoms with Gasteiger partial charge in [-0.05, 0) is 48.2 Å². The molecule has 0 bridgehead atoms. The number of aromatic amines is 1. The number of fused-ring (bicyclic) bond motifs is 1. The van der Waals surface area contributed by atoms with E-state index in [4.69, 9.17) is 9.47 Å². The van der Waals surface area contributed by atoms with Crippen LogP contribution in [0.15, 0.2) is 54.6 Å². The lowest BCUT2D eigenvalue weighted by molar-refractivity contribution is 0.301. The average Bonchev–Trinajstić information content (AvgIpc) is 3.33. The van der Waals surface area contributed by atoms with Gasteiger partial charge in [-0.1, -0.05) is 23.4 Å². The first-order chi connectivity index (χ1) is 12.9. The summed E-state index contributed by atoms with van der Waals surface area (Å²) in [5, 5.41) is 15.1. The molecule has 0 saturated heterocycles. The summed E-state index contributed by atoms with van der Waals surface area (Å²) in [6.07, 6.45) is 1.58. The summed E-state index contributed by atoms with van der Waals surface area (Å²) in [5.74, 6) is 2.37. The van der Waals surface area contributed by atoms with Crippen molar-refractivity contribution in [1.82, 2.24) is 20.6 Å². The summed E-state index contributed by atoms with van der Waals surface area (Å²) in [6, 6.07) is 18.3. The van der Waals surface area contributed by atoms with E-state index in [1.54, 1.807) is 11.3 Å². The molecular formula is C19H18N4O2S. The molecule has 1 N–H and O–H groups in total. The average molecular weight is 366 g/mol. The monoisotopic (exact) mass is 366 g/mol. The minimum Gasteiger partial charge on any atom is -0.494 e. The fourth-order valence-corrected chi connectivity index (χ4v) is 3.58. The number of nitrogens with one attached hydrogen (secondary N) is 1. The van der Waals surface area contributed by atoms with Gasteiger partial charge in [0.1, 0.15) is 18.1 Å². The zero-order valence-electron chi connectivity index (χ0n) is 14.1. The van der Waals surface area contributed by atoms with Crippen LogP contribution in [0.2, 0.25) is 0 Å².